The topological polar surface area (TPSA) is 40.2 Å². The van der Waals surface area contributed by atoms with Crippen molar-refractivity contribution in [3.8, 4) is 12.1 Å². The number of allylic oxidation sites excluding steroid dienone is 2. The van der Waals surface area contributed by atoms with Gasteiger partial charge in [-0.15, -0.1) is 0 Å². The monoisotopic (exact) mass is 236 g/mol. The zero-order valence-electron chi connectivity index (χ0n) is 8.24. The van der Waals surface area contributed by atoms with Crippen LogP contribution in [0.4, 0.5) is 4.39 Å². The van der Waals surface area contributed by atoms with Crippen molar-refractivity contribution in [2.75, 3.05) is 0 Å². The van der Waals surface area contributed by atoms with E-state index in [1.807, 2.05) is 0 Å². The normalized spacial score (nSPS) is 9.31. The molecule has 0 atom stereocenters. The maximum Gasteiger partial charge on any atom is 0.350 e. The minimum Gasteiger partial charge on any atom is -0.207 e. The van der Waals surface area contributed by atoms with Crippen molar-refractivity contribution in [2.45, 2.75) is 6.54 Å². The van der Waals surface area contributed by atoms with Crippen LogP contribution in [0.3, 0.4) is 0 Å². The Kier molecular flexibility index (Phi) is 4.85. The fourth-order valence-electron chi connectivity index (χ4n) is 0.977. The highest BCUT2D eigenvalue weighted by Gasteiger charge is 2.07. The Hall–Kier alpha value is -2.04. The van der Waals surface area contributed by atoms with Crippen molar-refractivity contribution in [1.82, 2.24) is 5.43 Å². The second-order valence-corrected chi connectivity index (χ2v) is 3.15. The SMILES string of the molecule is N#CC=CC#[N+]NCc1c(F)cccc1Cl. The van der Waals surface area contributed by atoms with Gasteiger partial charge in [-0.05, 0) is 12.1 Å². The molecule has 0 bridgehead atoms. The summed E-state index contributed by atoms with van der Waals surface area (Å²) < 4.78 is 13.2. The number of nitrogens with zero attached hydrogens (tertiary/aromatic N) is 2. The zero-order chi connectivity index (χ0) is 11.8. The highest BCUT2D eigenvalue weighted by atomic mass is 35.5. The molecule has 80 valence electrons. The Morgan fingerprint density at radius 3 is 3.00 bits per heavy atom. The van der Waals surface area contributed by atoms with E-state index in [9.17, 15) is 4.39 Å². The van der Waals surface area contributed by atoms with Crippen LogP contribution in [0.1, 0.15) is 5.56 Å². The van der Waals surface area contributed by atoms with Gasteiger partial charge in [0.05, 0.1) is 17.1 Å². The quantitative estimate of drug-likeness (QED) is 0.634. The molecule has 0 saturated heterocycles. The Labute approximate surface area is 97.6 Å². The Morgan fingerprint density at radius 2 is 2.31 bits per heavy atom. The maximum atomic E-state index is 13.2. The van der Waals surface area contributed by atoms with E-state index < -0.39 is 0 Å². The second kappa shape index (κ2) is 6.44. The summed E-state index contributed by atoms with van der Waals surface area (Å²) >= 11 is 5.79. The molecule has 0 aliphatic heterocycles. The van der Waals surface area contributed by atoms with Crippen molar-refractivity contribution in [3.63, 3.8) is 0 Å². The summed E-state index contributed by atoms with van der Waals surface area (Å²) in [6.07, 6.45) is 2.57. The van der Waals surface area contributed by atoms with Gasteiger partial charge >= 0.3 is 6.07 Å². The van der Waals surface area contributed by atoms with Gasteiger partial charge in [0.25, 0.3) is 0 Å². The van der Waals surface area contributed by atoms with E-state index in [-0.39, 0.29) is 12.4 Å². The molecule has 0 aromatic heterocycles. The Morgan fingerprint density at radius 1 is 1.50 bits per heavy atom. The smallest absolute Gasteiger partial charge is 0.207 e. The molecule has 0 spiro atoms. The lowest BCUT2D eigenvalue weighted by atomic mass is 10.2. The van der Waals surface area contributed by atoms with Gasteiger partial charge in [0, 0.05) is 16.7 Å². The molecule has 0 unspecified atom stereocenters. The van der Waals surface area contributed by atoms with Crippen molar-refractivity contribution in [3.05, 3.63) is 51.7 Å². The van der Waals surface area contributed by atoms with Gasteiger partial charge in [0.15, 0.2) is 0 Å². The third kappa shape index (κ3) is 3.61. The molecule has 0 aliphatic carbocycles. The summed E-state index contributed by atoms with van der Waals surface area (Å²) in [5.41, 5.74) is 2.92. The molecule has 1 aromatic carbocycles. The van der Waals surface area contributed by atoms with E-state index in [1.165, 1.54) is 24.3 Å². The standard InChI is InChI=1S/C11H8ClFN3/c12-10-4-3-5-11(13)9(10)8-16-15-7-2-1-6-14/h1-5,16H,8H2/q+1. The predicted octanol–water partition coefficient (Wildman–Crippen LogP) is 2.90. The first kappa shape index (κ1) is 12.0. The predicted molar refractivity (Wildman–Crippen MR) is 60.2 cm³/mol. The van der Waals surface area contributed by atoms with Crippen molar-refractivity contribution in [2.24, 2.45) is 0 Å². The summed E-state index contributed by atoms with van der Waals surface area (Å²) in [6.45, 7) is 0.166. The van der Waals surface area contributed by atoms with Gasteiger partial charge in [-0.2, -0.15) is 5.26 Å². The molecular weight excluding hydrogens is 229 g/mol. The van der Waals surface area contributed by atoms with Crippen LogP contribution >= 0.6 is 11.6 Å². The first-order valence-electron chi connectivity index (χ1n) is 4.41. The molecule has 3 nitrogen and oxygen atoms in total. The van der Waals surface area contributed by atoms with Gasteiger partial charge in [-0.3, -0.25) is 0 Å². The summed E-state index contributed by atoms with van der Waals surface area (Å²) in [6, 6.07) is 8.68. The number of benzene rings is 1. The third-order valence-corrected chi connectivity index (χ3v) is 2.05. The lowest BCUT2D eigenvalue weighted by molar-refractivity contribution is 0.604. The van der Waals surface area contributed by atoms with Crippen LogP contribution in [-0.4, -0.2) is 0 Å². The van der Waals surface area contributed by atoms with E-state index in [4.69, 9.17) is 16.9 Å². The first-order chi connectivity index (χ1) is 7.75. The molecule has 0 radical (unpaired) electrons. The average molecular weight is 237 g/mol. The lowest BCUT2D eigenvalue weighted by Gasteiger charge is -1.99. The highest BCUT2D eigenvalue weighted by Crippen LogP contribution is 2.18. The van der Waals surface area contributed by atoms with E-state index in [0.29, 0.717) is 10.6 Å². The van der Waals surface area contributed by atoms with Gasteiger partial charge in [-0.1, -0.05) is 23.1 Å². The number of hydrogen-bond donors (Lipinski definition) is 1. The number of hydrogen-bond acceptors (Lipinski definition) is 2. The largest absolute Gasteiger partial charge is 0.350 e. The molecule has 5 heteroatoms. The molecule has 1 aromatic rings. The molecule has 0 aliphatic rings. The number of rotatable bonds is 2. The second-order valence-electron chi connectivity index (χ2n) is 2.74. The van der Waals surface area contributed by atoms with Crippen LogP contribution in [-0.2, 0) is 6.54 Å². The Bertz CT molecular complexity index is 474. The highest BCUT2D eigenvalue weighted by molar-refractivity contribution is 6.31. The molecular formula is C11H8ClFN3+. The Balaban J connectivity index is 2.58. The number of nitriles is 1. The first-order valence-corrected chi connectivity index (χ1v) is 4.79. The molecule has 1 N–H and O–H groups in total. The van der Waals surface area contributed by atoms with Crippen molar-refractivity contribution in [1.29, 1.82) is 5.26 Å². The van der Waals surface area contributed by atoms with Crippen molar-refractivity contribution >= 4 is 11.6 Å². The summed E-state index contributed by atoms with van der Waals surface area (Å²) in [4.78, 5) is 3.62. The lowest BCUT2D eigenvalue weighted by Crippen LogP contribution is -2.04. The minimum absolute atomic E-state index is 0.166. The molecule has 1 rings (SSSR count). The summed E-state index contributed by atoms with van der Waals surface area (Å²) in [7, 11) is 0. The number of nitrogens with one attached hydrogen (secondary N) is 1. The van der Waals surface area contributed by atoms with Crippen molar-refractivity contribution < 1.29 is 4.39 Å². The summed E-state index contributed by atoms with van der Waals surface area (Å²) in [5, 5.41) is 8.51. The van der Waals surface area contributed by atoms with Crippen LogP contribution in [0.2, 0.25) is 5.02 Å². The van der Waals surface area contributed by atoms with Crippen LogP contribution in [0.5, 0.6) is 0 Å². The third-order valence-electron chi connectivity index (χ3n) is 1.69. The van der Waals surface area contributed by atoms with E-state index in [0.717, 1.165) is 0 Å². The minimum atomic E-state index is -0.386. The van der Waals surface area contributed by atoms with Gasteiger partial charge in [-0.25, -0.2) is 4.39 Å². The molecule has 0 fully saturated rings. The van der Waals surface area contributed by atoms with Gasteiger partial charge in [0.1, 0.15) is 12.4 Å². The van der Waals surface area contributed by atoms with Crippen LogP contribution < -0.4 is 5.43 Å². The van der Waals surface area contributed by atoms with E-state index in [2.05, 4.69) is 16.4 Å². The molecule has 16 heavy (non-hydrogen) atoms. The average Bonchev–Trinajstić information content (AvgIpc) is 2.26. The van der Waals surface area contributed by atoms with E-state index >= 15 is 0 Å². The molecule has 0 amide bonds. The maximum absolute atomic E-state index is 13.2. The van der Waals surface area contributed by atoms with Gasteiger partial charge in [0.2, 0.25) is 0 Å². The van der Waals surface area contributed by atoms with Crippen LogP contribution in [0.15, 0.2) is 30.4 Å². The molecule has 0 heterocycles. The van der Waals surface area contributed by atoms with E-state index in [1.54, 1.807) is 12.1 Å². The molecule has 0 saturated carbocycles. The fraction of sp³-hybridized carbons (Fsp3) is 0.0909. The summed E-state index contributed by atoms with van der Waals surface area (Å²) in [5.74, 6) is -0.386. The fourth-order valence-corrected chi connectivity index (χ4v) is 1.21. The van der Waals surface area contributed by atoms with Crippen LogP contribution in [0.25, 0.3) is 4.95 Å². The zero-order valence-corrected chi connectivity index (χ0v) is 9.00. The number of halogens is 2. The van der Waals surface area contributed by atoms with Crippen LogP contribution in [0, 0.1) is 23.2 Å². The van der Waals surface area contributed by atoms with Gasteiger partial charge < -0.3 is 0 Å².